The molecule has 0 aromatic heterocycles. The Balaban J connectivity index is 1.51. The minimum Gasteiger partial charge on any atom is -0.379 e. The molecule has 39 heavy (non-hydrogen) atoms. The number of hydrogen-bond donors (Lipinski definition) is 3. The van der Waals surface area contributed by atoms with Crippen molar-refractivity contribution in [1.82, 2.24) is 15.1 Å². The lowest BCUT2D eigenvalue weighted by Crippen LogP contribution is -2.54. The fourth-order valence-electron chi connectivity index (χ4n) is 6.28. The maximum Gasteiger partial charge on any atom is 0.232 e. The van der Waals surface area contributed by atoms with Gasteiger partial charge in [0.25, 0.3) is 0 Å². The van der Waals surface area contributed by atoms with Crippen LogP contribution in [-0.4, -0.2) is 106 Å². The van der Waals surface area contributed by atoms with Gasteiger partial charge in [-0.15, -0.1) is 0 Å². The lowest BCUT2D eigenvalue weighted by molar-refractivity contribution is -0.126. The third-order valence-corrected chi connectivity index (χ3v) is 11.9. The molecule has 1 amide bonds. The van der Waals surface area contributed by atoms with E-state index in [1.54, 1.807) is 0 Å². The van der Waals surface area contributed by atoms with Crippen LogP contribution in [0, 0.1) is 11.3 Å². The number of likely N-dealkylation sites (N-methyl/N-ethyl adjacent to an activating group) is 1. The highest BCUT2D eigenvalue weighted by atomic mass is 32.2. The largest absolute Gasteiger partial charge is 0.379 e. The van der Waals surface area contributed by atoms with E-state index < -0.39 is 34.1 Å². The summed E-state index contributed by atoms with van der Waals surface area (Å²) < 4.78 is 45.3. The van der Waals surface area contributed by atoms with Crippen molar-refractivity contribution in [3.05, 3.63) is 11.4 Å². The van der Waals surface area contributed by atoms with Crippen LogP contribution in [0.5, 0.6) is 0 Å². The first-order valence-electron chi connectivity index (χ1n) is 14.4. The Morgan fingerprint density at radius 3 is 2.51 bits per heavy atom. The van der Waals surface area contributed by atoms with Gasteiger partial charge in [-0.2, -0.15) is 0 Å². The Bertz CT molecular complexity index is 1040. The molecule has 0 aliphatic carbocycles. The van der Waals surface area contributed by atoms with Gasteiger partial charge in [0.05, 0.1) is 42.3 Å². The summed E-state index contributed by atoms with van der Waals surface area (Å²) in [6.45, 7) is 7.43. The molecule has 4 unspecified atom stereocenters. The zero-order valence-electron chi connectivity index (χ0n) is 23.6. The number of piperidine rings is 1. The summed E-state index contributed by atoms with van der Waals surface area (Å²) in [5.74, 6) is -1.11. The Morgan fingerprint density at radius 2 is 1.92 bits per heavy atom. The number of carbonyl (C=O) groups excluding carboxylic acids is 1. The topological polar surface area (TPSA) is 143 Å². The number of aliphatic imine (C=N–C) groups is 1. The molecule has 4 aliphatic rings. The van der Waals surface area contributed by atoms with Crippen molar-refractivity contribution >= 4 is 22.0 Å². The van der Waals surface area contributed by atoms with Crippen LogP contribution in [0.15, 0.2) is 16.4 Å². The second-order valence-corrected chi connectivity index (χ2v) is 14.7. The predicted octanol–water partition coefficient (Wildman–Crippen LogP) is 1.17. The summed E-state index contributed by atoms with van der Waals surface area (Å²) in [6, 6.07) is -0.518. The standard InChI is InChI=1S/C27H47FN6O4S/c1-4-27(2)9-5-18(28)14-31-21(13-27)24(25(29)30)26(35)32-22-15-33(3)10-8-23(22)34-11-6-19(7-12-34)39(36,37)20-16-38-17-20/h14,18-21,24-25H,4-13,15-17,29-30H2,1-3H3,(H,32,35)/b31-14-. The molecule has 0 saturated carbocycles. The molecule has 2 fully saturated rings. The summed E-state index contributed by atoms with van der Waals surface area (Å²) in [6.07, 6.45) is 3.66. The zero-order chi connectivity index (χ0) is 28.4. The number of ether oxygens (including phenoxy) is 1. The van der Waals surface area contributed by atoms with Crippen molar-refractivity contribution in [2.75, 3.05) is 46.4 Å². The summed E-state index contributed by atoms with van der Waals surface area (Å²) >= 11 is 0. The Labute approximate surface area is 232 Å². The lowest BCUT2D eigenvalue weighted by Gasteiger charge is -2.41. The third-order valence-electron chi connectivity index (χ3n) is 9.29. The number of nitrogens with two attached hydrogens (primary N) is 2. The number of carbonyl (C=O) groups is 1. The van der Waals surface area contributed by atoms with Crippen LogP contribution < -0.4 is 16.8 Å². The summed E-state index contributed by atoms with van der Waals surface area (Å²) in [7, 11) is -1.19. The first-order valence-corrected chi connectivity index (χ1v) is 16.0. The molecule has 0 aromatic carbocycles. The second kappa shape index (κ2) is 12.5. The highest BCUT2D eigenvalue weighted by Crippen LogP contribution is 2.38. The lowest BCUT2D eigenvalue weighted by atomic mass is 9.73. The maximum atomic E-state index is 14.4. The first kappa shape index (κ1) is 30.4. The average Bonchev–Trinajstić information content (AvgIpc) is 2.84. The van der Waals surface area contributed by atoms with Crippen LogP contribution >= 0.6 is 0 Å². The van der Waals surface area contributed by atoms with Gasteiger partial charge in [-0.1, -0.05) is 20.3 Å². The molecule has 0 aromatic rings. The van der Waals surface area contributed by atoms with Gasteiger partial charge in [0.15, 0.2) is 9.84 Å². The molecule has 2 saturated heterocycles. The smallest absolute Gasteiger partial charge is 0.232 e. The van der Waals surface area contributed by atoms with Crippen molar-refractivity contribution in [1.29, 1.82) is 0 Å². The van der Waals surface area contributed by atoms with Gasteiger partial charge >= 0.3 is 0 Å². The fraction of sp³-hybridized carbons (Fsp3) is 0.852. The van der Waals surface area contributed by atoms with Crippen molar-refractivity contribution in [3.63, 3.8) is 0 Å². The Kier molecular flexibility index (Phi) is 9.73. The van der Waals surface area contributed by atoms with Gasteiger partial charge in [-0.3, -0.25) is 9.79 Å². The highest BCUT2D eigenvalue weighted by Gasteiger charge is 2.41. The van der Waals surface area contributed by atoms with Gasteiger partial charge in [-0.25, -0.2) is 12.8 Å². The molecule has 10 nitrogen and oxygen atoms in total. The van der Waals surface area contributed by atoms with E-state index in [1.807, 2.05) is 7.05 Å². The van der Waals surface area contributed by atoms with Crippen LogP contribution in [0.2, 0.25) is 0 Å². The second-order valence-electron chi connectivity index (χ2n) is 12.2. The van der Waals surface area contributed by atoms with Gasteiger partial charge in [0.2, 0.25) is 5.91 Å². The van der Waals surface area contributed by atoms with Crippen molar-refractivity contribution in [2.45, 2.75) is 87.7 Å². The molecule has 4 heterocycles. The molecule has 0 spiro atoms. The van der Waals surface area contributed by atoms with E-state index in [-0.39, 0.29) is 21.8 Å². The number of nitrogens with zero attached hydrogens (tertiary/aromatic N) is 3. The molecule has 4 atom stereocenters. The molecule has 4 rings (SSSR count). The Hall–Kier alpha value is -1.60. The Morgan fingerprint density at radius 1 is 1.23 bits per heavy atom. The van der Waals surface area contributed by atoms with Crippen LogP contribution in [0.4, 0.5) is 4.39 Å². The monoisotopic (exact) mass is 570 g/mol. The number of rotatable bonds is 8. The summed E-state index contributed by atoms with van der Waals surface area (Å²) in [4.78, 5) is 22.6. The van der Waals surface area contributed by atoms with Crippen LogP contribution in [0.25, 0.3) is 0 Å². The molecule has 0 bridgehead atoms. The number of hydrogen-bond acceptors (Lipinski definition) is 9. The van der Waals surface area contributed by atoms with Crippen molar-refractivity contribution in [2.24, 2.45) is 27.8 Å². The van der Waals surface area contributed by atoms with Crippen LogP contribution in [0.1, 0.15) is 58.8 Å². The molecule has 4 aliphatic heterocycles. The van der Waals surface area contributed by atoms with Crippen molar-refractivity contribution < 1.29 is 22.3 Å². The zero-order valence-corrected chi connectivity index (χ0v) is 24.5. The van der Waals surface area contributed by atoms with Crippen molar-refractivity contribution in [3.8, 4) is 0 Å². The molecule has 5 N–H and O–H groups in total. The van der Waals surface area contributed by atoms with E-state index in [2.05, 4.69) is 34.0 Å². The van der Waals surface area contributed by atoms with Gasteiger partial charge in [0.1, 0.15) is 11.4 Å². The number of sulfone groups is 1. The third kappa shape index (κ3) is 7.01. The summed E-state index contributed by atoms with van der Waals surface area (Å²) in [5.41, 5.74) is 14.0. The first-order chi connectivity index (χ1) is 18.4. The van der Waals surface area contributed by atoms with Crippen LogP contribution in [0.3, 0.4) is 0 Å². The maximum absolute atomic E-state index is 14.4. The molecular weight excluding hydrogens is 523 g/mol. The van der Waals surface area contributed by atoms with Gasteiger partial charge in [-0.05, 0) is 44.6 Å². The normalized spacial score (nSPS) is 31.9. The number of alkyl halides is 1. The summed E-state index contributed by atoms with van der Waals surface area (Å²) in [5, 5.41) is 2.42. The minimum absolute atomic E-state index is 0.161. The molecule has 12 heteroatoms. The quantitative estimate of drug-likeness (QED) is 0.369. The van der Waals surface area contributed by atoms with Gasteiger partial charge < -0.3 is 31.3 Å². The number of nitrogens with one attached hydrogen (secondary N) is 1. The van der Waals surface area contributed by atoms with Crippen LogP contribution in [-0.2, 0) is 19.4 Å². The van der Waals surface area contributed by atoms with E-state index in [1.165, 1.54) is 6.21 Å². The molecule has 0 radical (unpaired) electrons. The number of likely N-dealkylation sites (tertiary alicyclic amines) is 1. The fourth-order valence-corrected chi connectivity index (χ4v) is 8.27. The van der Waals surface area contributed by atoms with E-state index in [4.69, 9.17) is 16.2 Å². The predicted molar refractivity (Wildman–Crippen MR) is 150 cm³/mol. The highest BCUT2D eigenvalue weighted by molar-refractivity contribution is 7.92. The van der Waals surface area contributed by atoms with E-state index in [0.717, 1.165) is 30.8 Å². The van der Waals surface area contributed by atoms with E-state index in [0.29, 0.717) is 65.0 Å². The molecular formula is C27H47FN6O4S. The van der Waals surface area contributed by atoms with Gasteiger partial charge in [0, 0.05) is 44.5 Å². The number of amides is 1. The SMILES string of the molecule is CCC1(C)CCC(F)/C=N\C(C(C(=O)NC2=C(N3CCC(S(=O)(=O)C4COC4)CC3)CCN(C)C2)C(N)N)C1. The number of halogens is 1. The minimum atomic E-state index is -3.19. The van der Waals surface area contributed by atoms with E-state index >= 15 is 0 Å². The average molecular weight is 571 g/mol. The molecule has 222 valence electrons. The van der Waals surface area contributed by atoms with E-state index in [9.17, 15) is 17.6 Å².